The Hall–Kier alpha value is -2.34. The van der Waals surface area contributed by atoms with Crippen molar-refractivity contribution in [2.75, 3.05) is 13.7 Å². The van der Waals surface area contributed by atoms with Crippen molar-refractivity contribution in [1.82, 2.24) is 10.3 Å². The maximum Gasteiger partial charge on any atom is 0.216 e. The summed E-state index contributed by atoms with van der Waals surface area (Å²) in [7, 11) is 1.64. The first-order chi connectivity index (χ1) is 10.6. The van der Waals surface area contributed by atoms with Crippen LogP contribution in [0.4, 0.5) is 0 Å². The van der Waals surface area contributed by atoms with Crippen molar-refractivity contribution >= 4 is 5.96 Å². The lowest BCUT2D eigenvalue weighted by Gasteiger charge is -2.12. The number of guanidine groups is 1. The van der Waals surface area contributed by atoms with Crippen molar-refractivity contribution in [3.05, 3.63) is 41.9 Å². The van der Waals surface area contributed by atoms with Crippen LogP contribution < -0.4 is 11.1 Å². The second-order valence-corrected chi connectivity index (χ2v) is 5.19. The van der Waals surface area contributed by atoms with E-state index >= 15 is 0 Å². The van der Waals surface area contributed by atoms with Gasteiger partial charge in [-0.3, -0.25) is 0 Å². The molecule has 0 bridgehead atoms. The molecule has 0 amide bonds. The number of nitrogens with zero attached hydrogens (tertiary/aromatic N) is 2. The summed E-state index contributed by atoms with van der Waals surface area (Å²) < 4.78 is 10.7. The minimum absolute atomic E-state index is 0.0985. The van der Waals surface area contributed by atoms with E-state index in [1.165, 1.54) is 5.56 Å². The Kier molecular flexibility index (Phi) is 5.55. The molecule has 1 aromatic carbocycles. The molecule has 118 valence electrons. The van der Waals surface area contributed by atoms with Crippen LogP contribution in [0.25, 0.3) is 11.3 Å². The van der Waals surface area contributed by atoms with Gasteiger partial charge >= 0.3 is 0 Å². The van der Waals surface area contributed by atoms with E-state index in [1.807, 2.05) is 38.1 Å². The van der Waals surface area contributed by atoms with Gasteiger partial charge in [-0.05, 0) is 13.8 Å². The fourth-order valence-corrected chi connectivity index (χ4v) is 1.98. The molecule has 22 heavy (non-hydrogen) atoms. The largest absolute Gasteiger partial charge is 0.439 e. The van der Waals surface area contributed by atoms with Gasteiger partial charge < -0.3 is 20.2 Å². The highest BCUT2D eigenvalue weighted by Crippen LogP contribution is 2.20. The van der Waals surface area contributed by atoms with E-state index in [2.05, 4.69) is 15.3 Å². The lowest BCUT2D eigenvalue weighted by molar-refractivity contribution is 0.179. The van der Waals surface area contributed by atoms with Crippen molar-refractivity contribution in [3.63, 3.8) is 0 Å². The van der Waals surface area contributed by atoms with Crippen LogP contribution >= 0.6 is 0 Å². The highest BCUT2D eigenvalue weighted by Gasteiger charge is 2.06. The van der Waals surface area contributed by atoms with Crippen LogP contribution in [-0.4, -0.2) is 30.7 Å². The minimum Gasteiger partial charge on any atom is -0.439 e. The second kappa shape index (κ2) is 7.61. The van der Waals surface area contributed by atoms with E-state index in [4.69, 9.17) is 14.9 Å². The molecular formula is C16H22N4O2. The van der Waals surface area contributed by atoms with E-state index in [0.717, 1.165) is 11.3 Å². The summed E-state index contributed by atoms with van der Waals surface area (Å²) in [4.78, 5) is 8.43. The van der Waals surface area contributed by atoms with Gasteiger partial charge in [0.25, 0.3) is 0 Å². The number of aliphatic imine (C=N–C) groups is 1. The number of hydrogen-bond donors (Lipinski definition) is 2. The van der Waals surface area contributed by atoms with Crippen molar-refractivity contribution in [2.24, 2.45) is 10.7 Å². The average Bonchev–Trinajstić information content (AvgIpc) is 2.95. The molecule has 0 saturated carbocycles. The predicted molar refractivity (Wildman–Crippen MR) is 86.5 cm³/mol. The first-order valence-electron chi connectivity index (χ1n) is 7.15. The number of nitrogens with one attached hydrogen (secondary N) is 1. The molecule has 1 atom stereocenters. The summed E-state index contributed by atoms with van der Waals surface area (Å²) in [5, 5.41) is 3.03. The van der Waals surface area contributed by atoms with Gasteiger partial charge in [0.1, 0.15) is 6.54 Å². The Morgan fingerprint density at radius 2 is 2.14 bits per heavy atom. The Bertz CT molecular complexity index is 619. The van der Waals surface area contributed by atoms with Crippen LogP contribution in [0.1, 0.15) is 18.4 Å². The quantitative estimate of drug-likeness (QED) is 0.630. The zero-order valence-corrected chi connectivity index (χ0v) is 13.2. The molecule has 2 aromatic rings. The molecule has 1 heterocycles. The van der Waals surface area contributed by atoms with Crippen molar-refractivity contribution in [3.8, 4) is 11.3 Å². The van der Waals surface area contributed by atoms with Crippen molar-refractivity contribution < 1.29 is 9.15 Å². The maximum absolute atomic E-state index is 5.80. The molecule has 0 fully saturated rings. The molecular weight excluding hydrogens is 280 g/mol. The molecule has 6 nitrogen and oxygen atoms in total. The summed E-state index contributed by atoms with van der Waals surface area (Å²) in [5.74, 6) is 1.60. The Morgan fingerprint density at radius 3 is 2.82 bits per heavy atom. The van der Waals surface area contributed by atoms with Gasteiger partial charge in [-0.2, -0.15) is 0 Å². The predicted octanol–water partition coefficient (Wildman–Crippen LogP) is 2.09. The van der Waals surface area contributed by atoms with Gasteiger partial charge in [-0.25, -0.2) is 9.98 Å². The van der Waals surface area contributed by atoms with Crippen LogP contribution in [-0.2, 0) is 11.3 Å². The number of aromatic nitrogens is 1. The Labute approximate surface area is 130 Å². The topological polar surface area (TPSA) is 85.7 Å². The van der Waals surface area contributed by atoms with Crippen molar-refractivity contribution in [1.29, 1.82) is 0 Å². The maximum atomic E-state index is 5.80. The molecule has 0 radical (unpaired) electrons. The van der Waals surface area contributed by atoms with Crippen LogP contribution in [0.3, 0.4) is 0 Å². The van der Waals surface area contributed by atoms with Gasteiger partial charge in [-0.15, -0.1) is 0 Å². The van der Waals surface area contributed by atoms with Gasteiger partial charge in [0, 0.05) is 18.7 Å². The molecule has 0 aliphatic rings. The highest BCUT2D eigenvalue weighted by molar-refractivity contribution is 5.78. The molecule has 1 unspecified atom stereocenters. The summed E-state index contributed by atoms with van der Waals surface area (Å²) in [6.45, 7) is 4.87. The summed E-state index contributed by atoms with van der Waals surface area (Å²) >= 11 is 0. The Morgan fingerprint density at radius 1 is 1.41 bits per heavy atom. The van der Waals surface area contributed by atoms with Gasteiger partial charge in [0.05, 0.1) is 12.8 Å². The number of benzene rings is 1. The van der Waals surface area contributed by atoms with E-state index < -0.39 is 0 Å². The molecule has 0 aliphatic heterocycles. The lowest BCUT2D eigenvalue weighted by atomic mass is 10.1. The van der Waals surface area contributed by atoms with E-state index in [-0.39, 0.29) is 6.04 Å². The zero-order valence-electron chi connectivity index (χ0n) is 13.2. The molecule has 2 rings (SSSR count). The third kappa shape index (κ3) is 4.60. The van der Waals surface area contributed by atoms with Gasteiger partial charge in [-0.1, -0.05) is 29.8 Å². The molecule has 6 heteroatoms. The molecule has 0 spiro atoms. The van der Waals surface area contributed by atoms with Gasteiger partial charge in [0.2, 0.25) is 5.89 Å². The average molecular weight is 302 g/mol. The lowest BCUT2D eigenvalue weighted by Crippen LogP contribution is -2.40. The molecule has 0 saturated heterocycles. The van der Waals surface area contributed by atoms with Crippen LogP contribution in [0, 0.1) is 6.92 Å². The van der Waals surface area contributed by atoms with Crippen molar-refractivity contribution in [2.45, 2.75) is 26.4 Å². The Balaban J connectivity index is 1.96. The molecule has 1 aromatic heterocycles. The van der Waals surface area contributed by atoms with Gasteiger partial charge in [0.15, 0.2) is 11.7 Å². The van der Waals surface area contributed by atoms with E-state index in [1.54, 1.807) is 13.3 Å². The number of aryl methyl sites for hydroxylation is 1. The first-order valence-corrected chi connectivity index (χ1v) is 7.15. The monoisotopic (exact) mass is 302 g/mol. The molecule has 3 N–H and O–H groups in total. The number of ether oxygens (including phenoxy) is 1. The van der Waals surface area contributed by atoms with E-state index in [9.17, 15) is 0 Å². The second-order valence-electron chi connectivity index (χ2n) is 5.19. The number of hydrogen-bond acceptors (Lipinski definition) is 4. The fourth-order valence-electron chi connectivity index (χ4n) is 1.98. The minimum atomic E-state index is 0.0985. The van der Waals surface area contributed by atoms with Crippen LogP contribution in [0.2, 0.25) is 0 Å². The fraction of sp³-hybridized carbons (Fsp3) is 0.375. The number of rotatable bonds is 6. The smallest absolute Gasteiger partial charge is 0.216 e. The summed E-state index contributed by atoms with van der Waals surface area (Å²) in [6, 6.07) is 8.18. The number of nitrogens with two attached hydrogens (primary N) is 1. The number of methoxy groups -OCH3 is 1. The number of oxazole rings is 1. The summed E-state index contributed by atoms with van der Waals surface area (Å²) in [5.41, 5.74) is 8.00. The van der Waals surface area contributed by atoms with Crippen LogP contribution in [0.5, 0.6) is 0 Å². The normalized spacial score (nSPS) is 13.1. The molecule has 0 aliphatic carbocycles. The summed E-state index contributed by atoms with van der Waals surface area (Å²) in [6.07, 6.45) is 1.70. The van der Waals surface area contributed by atoms with E-state index in [0.29, 0.717) is 25.0 Å². The first kappa shape index (κ1) is 16.0. The standard InChI is InChI=1S/C16H22N4O2/c1-11-4-6-13(7-5-11)14-8-18-15(22-14)9-19-16(17)20-12(2)10-21-3/h4-8,12H,9-10H2,1-3H3,(H3,17,19,20). The van der Waals surface area contributed by atoms with Crippen LogP contribution in [0.15, 0.2) is 39.9 Å². The highest BCUT2D eigenvalue weighted by atomic mass is 16.5. The third-order valence-electron chi connectivity index (χ3n) is 3.09. The zero-order chi connectivity index (χ0) is 15.9. The third-order valence-corrected chi connectivity index (χ3v) is 3.09. The SMILES string of the molecule is COCC(C)NC(N)=NCc1ncc(-c2ccc(C)cc2)o1.